The van der Waals surface area contributed by atoms with Crippen LogP contribution in [0.5, 0.6) is 0 Å². The number of fused-ring (bicyclic) bond motifs is 1. The fraction of sp³-hybridized carbons (Fsp3) is 0.500. The van der Waals surface area contributed by atoms with Gasteiger partial charge in [0.1, 0.15) is 0 Å². The molecule has 1 aliphatic carbocycles. The summed E-state index contributed by atoms with van der Waals surface area (Å²) in [5.74, 6) is 1.75. The first-order valence-corrected chi connectivity index (χ1v) is 6.65. The number of hydrogen-bond donors (Lipinski definition) is 0. The van der Waals surface area contributed by atoms with Gasteiger partial charge >= 0.3 is 0 Å². The SMILES string of the molecule is O=Cc1ccc(N2CC3CCCC3C2)cc1Cl. The molecule has 0 spiro atoms. The Hall–Kier alpha value is -1.02. The average Bonchev–Trinajstić information content (AvgIpc) is 2.88. The number of nitrogens with zero attached hydrogens (tertiary/aromatic N) is 1. The van der Waals surface area contributed by atoms with Crippen molar-refractivity contribution >= 4 is 23.6 Å². The van der Waals surface area contributed by atoms with Crippen molar-refractivity contribution in [1.82, 2.24) is 0 Å². The maximum absolute atomic E-state index is 10.7. The monoisotopic (exact) mass is 249 g/mol. The largest absolute Gasteiger partial charge is 0.371 e. The van der Waals surface area contributed by atoms with E-state index in [1.807, 2.05) is 18.2 Å². The van der Waals surface area contributed by atoms with E-state index in [0.29, 0.717) is 10.6 Å². The Morgan fingerprint density at radius 3 is 2.53 bits per heavy atom. The van der Waals surface area contributed by atoms with E-state index < -0.39 is 0 Å². The maximum Gasteiger partial charge on any atom is 0.151 e. The number of aldehydes is 1. The lowest BCUT2D eigenvalue weighted by atomic mass is 10.0. The molecule has 1 saturated heterocycles. The molecular weight excluding hydrogens is 234 g/mol. The first-order valence-electron chi connectivity index (χ1n) is 6.27. The van der Waals surface area contributed by atoms with E-state index in [1.54, 1.807) is 0 Å². The highest BCUT2D eigenvalue weighted by Gasteiger charge is 2.36. The Kier molecular flexibility index (Phi) is 2.83. The number of halogens is 1. The van der Waals surface area contributed by atoms with Crippen molar-refractivity contribution in [2.75, 3.05) is 18.0 Å². The number of hydrogen-bond acceptors (Lipinski definition) is 2. The van der Waals surface area contributed by atoms with Gasteiger partial charge in [-0.15, -0.1) is 0 Å². The average molecular weight is 250 g/mol. The molecular formula is C14H16ClNO. The molecule has 90 valence electrons. The van der Waals surface area contributed by atoms with Gasteiger partial charge in [0, 0.05) is 24.3 Å². The van der Waals surface area contributed by atoms with Crippen LogP contribution in [0.4, 0.5) is 5.69 Å². The molecule has 1 saturated carbocycles. The second kappa shape index (κ2) is 4.34. The summed E-state index contributed by atoms with van der Waals surface area (Å²) in [6.07, 6.45) is 4.96. The van der Waals surface area contributed by atoms with Crippen LogP contribution in [-0.2, 0) is 0 Å². The van der Waals surface area contributed by atoms with Gasteiger partial charge < -0.3 is 4.90 Å². The van der Waals surface area contributed by atoms with Gasteiger partial charge in [0.25, 0.3) is 0 Å². The Morgan fingerprint density at radius 1 is 1.24 bits per heavy atom. The Bertz CT molecular complexity index is 434. The summed E-state index contributed by atoms with van der Waals surface area (Å²) in [6.45, 7) is 2.31. The second-order valence-electron chi connectivity index (χ2n) is 5.18. The van der Waals surface area contributed by atoms with Crippen molar-refractivity contribution in [3.05, 3.63) is 28.8 Å². The molecule has 0 N–H and O–H groups in total. The normalized spacial score (nSPS) is 27.2. The molecule has 2 fully saturated rings. The number of carbonyl (C=O) groups is 1. The van der Waals surface area contributed by atoms with Crippen LogP contribution >= 0.6 is 11.6 Å². The van der Waals surface area contributed by atoms with E-state index in [1.165, 1.54) is 19.3 Å². The fourth-order valence-electron chi connectivity index (χ4n) is 3.25. The molecule has 0 radical (unpaired) electrons. The zero-order valence-electron chi connectivity index (χ0n) is 9.73. The fourth-order valence-corrected chi connectivity index (χ4v) is 3.47. The van der Waals surface area contributed by atoms with Gasteiger partial charge in [0.2, 0.25) is 0 Å². The van der Waals surface area contributed by atoms with E-state index in [0.717, 1.165) is 36.9 Å². The molecule has 3 heteroatoms. The molecule has 1 aromatic rings. The van der Waals surface area contributed by atoms with Crippen LogP contribution in [0.25, 0.3) is 0 Å². The highest BCUT2D eigenvalue weighted by Crippen LogP contribution is 2.40. The van der Waals surface area contributed by atoms with Crippen molar-refractivity contribution in [2.24, 2.45) is 11.8 Å². The summed E-state index contributed by atoms with van der Waals surface area (Å²) in [5.41, 5.74) is 1.74. The summed E-state index contributed by atoms with van der Waals surface area (Å²) in [4.78, 5) is 13.1. The Morgan fingerprint density at radius 2 is 1.94 bits per heavy atom. The topological polar surface area (TPSA) is 20.3 Å². The van der Waals surface area contributed by atoms with Gasteiger partial charge in [-0.3, -0.25) is 4.79 Å². The van der Waals surface area contributed by atoms with Gasteiger partial charge in [-0.2, -0.15) is 0 Å². The van der Waals surface area contributed by atoms with Crippen LogP contribution in [0.3, 0.4) is 0 Å². The van der Waals surface area contributed by atoms with Crippen molar-refractivity contribution < 1.29 is 4.79 Å². The Balaban J connectivity index is 1.81. The first kappa shape index (κ1) is 11.1. The number of rotatable bonds is 2. The summed E-state index contributed by atoms with van der Waals surface area (Å²) >= 11 is 6.07. The highest BCUT2D eigenvalue weighted by molar-refractivity contribution is 6.33. The van der Waals surface area contributed by atoms with Crippen LogP contribution < -0.4 is 4.90 Å². The molecule has 1 aliphatic heterocycles. The van der Waals surface area contributed by atoms with E-state index in [2.05, 4.69) is 4.90 Å². The number of carbonyl (C=O) groups excluding carboxylic acids is 1. The standard InChI is InChI=1S/C14H16ClNO/c15-14-6-13(5-4-12(14)9-17)16-7-10-2-1-3-11(10)8-16/h4-6,9-11H,1-3,7-8H2. The molecule has 0 amide bonds. The van der Waals surface area contributed by atoms with E-state index in [-0.39, 0.29) is 0 Å². The molecule has 2 atom stereocenters. The first-order chi connectivity index (χ1) is 8.28. The van der Waals surface area contributed by atoms with Gasteiger partial charge in [-0.05, 0) is 42.9 Å². The maximum atomic E-state index is 10.7. The zero-order valence-corrected chi connectivity index (χ0v) is 10.5. The second-order valence-corrected chi connectivity index (χ2v) is 5.59. The quantitative estimate of drug-likeness (QED) is 0.749. The molecule has 1 aromatic carbocycles. The minimum Gasteiger partial charge on any atom is -0.371 e. The molecule has 2 nitrogen and oxygen atoms in total. The molecule has 0 bridgehead atoms. The van der Waals surface area contributed by atoms with Crippen molar-refractivity contribution in [3.8, 4) is 0 Å². The predicted molar refractivity (Wildman–Crippen MR) is 69.9 cm³/mol. The summed E-state index contributed by atoms with van der Waals surface area (Å²) in [7, 11) is 0. The number of benzene rings is 1. The van der Waals surface area contributed by atoms with E-state index in [4.69, 9.17) is 11.6 Å². The van der Waals surface area contributed by atoms with Crippen molar-refractivity contribution in [1.29, 1.82) is 0 Å². The van der Waals surface area contributed by atoms with Crippen LogP contribution in [0.1, 0.15) is 29.6 Å². The Labute approximate surface area is 107 Å². The highest BCUT2D eigenvalue weighted by atomic mass is 35.5. The van der Waals surface area contributed by atoms with Gasteiger partial charge in [-0.25, -0.2) is 0 Å². The lowest BCUT2D eigenvalue weighted by Gasteiger charge is -2.20. The third-order valence-electron chi connectivity index (χ3n) is 4.20. The third kappa shape index (κ3) is 1.95. The van der Waals surface area contributed by atoms with Crippen LogP contribution in [0, 0.1) is 11.8 Å². The molecule has 1 heterocycles. The summed E-state index contributed by atoms with van der Waals surface area (Å²) in [5, 5.41) is 0.564. The summed E-state index contributed by atoms with van der Waals surface area (Å²) < 4.78 is 0. The lowest BCUT2D eigenvalue weighted by Crippen LogP contribution is -2.20. The molecule has 0 aromatic heterocycles. The van der Waals surface area contributed by atoms with Gasteiger partial charge in [0.15, 0.2) is 6.29 Å². The van der Waals surface area contributed by atoms with Crippen molar-refractivity contribution in [3.63, 3.8) is 0 Å². The van der Waals surface area contributed by atoms with Crippen molar-refractivity contribution in [2.45, 2.75) is 19.3 Å². The molecule has 3 rings (SSSR count). The zero-order chi connectivity index (χ0) is 11.8. The molecule has 2 unspecified atom stereocenters. The van der Waals surface area contributed by atoms with E-state index in [9.17, 15) is 4.79 Å². The third-order valence-corrected chi connectivity index (χ3v) is 4.53. The minimum absolute atomic E-state index is 0.564. The van der Waals surface area contributed by atoms with Crippen LogP contribution in [-0.4, -0.2) is 19.4 Å². The molecule has 2 aliphatic rings. The van der Waals surface area contributed by atoms with Crippen LogP contribution in [0.15, 0.2) is 18.2 Å². The van der Waals surface area contributed by atoms with Crippen LogP contribution in [0.2, 0.25) is 5.02 Å². The number of anilines is 1. The smallest absolute Gasteiger partial charge is 0.151 e. The van der Waals surface area contributed by atoms with Gasteiger partial charge in [-0.1, -0.05) is 18.0 Å². The summed E-state index contributed by atoms with van der Waals surface area (Å²) in [6, 6.07) is 5.75. The predicted octanol–water partition coefficient (Wildman–Crippen LogP) is 3.39. The lowest BCUT2D eigenvalue weighted by molar-refractivity contribution is 0.112. The van der Waals surface area contributed by atoms with E-state index >= 15 is 0 Å². The van der Waals surface area contributed by atoms with Gasteiger partial charge in [0.05, 0.1) is 5.02 Å². The minimum atomic E-state index is 0.564. The molecule has 17 heavy (non-hydrogen) atoms.